The first-order valence-electron chi connectivity index (χ1n) is 6.90. The molecule has 1 aliphatic heterocycles. The first kappa shape index (κ1) is 13.0. The van der Waals surface area contributed by atoms with E-state index in [0.717, 1.165) is 25.9 Å². The summed E-state index contributed by atoms with van der Waals surface area (Å²) in [6, 6.07) is 0. The minimum absolute atomic E-state index is 0.170. The summed E-state index contributed by atoms with van der Waals surface area (Å²) in [5.41, 5.74) is 0. The maximum absolute atomic E-state index is 12.4. The fraction of sp³-hybridized carbons (Fsp3) is 0.929. The van der Waals surface area contributed by atoms with E-state index >= 15 is 0 Å². The smallest absolute Gasteiger partial charge is 0.165 e. The molecule has 0 aromatic heterocycles. The van der Waals surface area contributed by atoms with Gasteiger partial charge in [0.15, 0.2) is 5.78 Å². The first-order valence-corrected chi connectivity index (χ1v) is 6.90. The molecule has 2 rings (SSSR count). The Bertz CT molecular complexity index is 269. The second-order valence-electron chi connectivity index (χ2n) is 6.14. The molecule has 98 valence electrons. The molecule has 1 saturated heterocycles. The molecule has 0 bridgehead atoms. The summed E-state index contributed by atoms with van der Waals surface area (Å²) in [7, 11) is 2.06. The van der Waals surface area contributed by atoms with Gasteiger partial charge in [0.2, 0.25) is 0 Å². The number of ether oxygens (including phenoxy) is 1. The Morgan fingerprint density at radius 1 is 1.18 bits per heavy atom. The van der Waals surface area contributed by atoms with Crippen LogP contribution in [0.25, 0.3) is 0 Å². The van der Waals surface area contributed by atoms with Crippen LogP contribution in [0.1, 0.15) is 33.1 Å². The highest BCUT2D eigenvalue weighted by molar-refractivity contribution is 5.85. The van der Waals surface area contributed by atoms with Gasteiger partial charge in [0.1, 0.15) is 6.10 Å². The second kappa shape index (κ2) is 5.49. The Balaban J connectivity index is 1.94. The lowest BCUT2D eigenvalue weighted by Gasteiger charge is -2.35. The van der Waals surface area contributed by atoms with Gasteiger partial charge in [-0.3, -0.25) is 4.79 Å². The molecule has 1 saturated carbocycles. The average molecular weight is 239 g/mol. The van der Waals surface area contributed by atoms with Gasteiger partial charge in [0.05, 0.1) is 6.61 Å². The summed E-state index contributed by atoms with van der Waals surface area (Å²) in [6.45, 7) is 6.96. The van der Waals surface area contributed by atoms with E-state index in [2.05, 4.69) is 25.8 Å². The standard InChI is InChI=1S/C14H25NO2/c1-10-6-11(2)8-12(7-10)14(16)13-9-15(3)4-5-17-13/h10-13H,4-9H2,1-3H3. The molecule has 3 atom stereocenters. The van der Waals surface area contributed by atoms with Gasteiger partial charge >= 0.3 is 0 Å². The highest BCUT2D eigenvalue weighted by atomic mass is 16.5. The van der Waals surface area contributed by atoms with Crippen LogP contribution in [0.4, 0.5) is 0 Å². The van der Waals surface area contributed by atoms with Gasteiger partial charge in [-0.15, -0.1) is 0 Å². The Kier molecular flexibility index (Phi) is 4.21. The number of nitrogens with zero attached hydrogens (tertiary/aromatic N) is 1. The van der Waals surface area contributed by atoms with Crippen molar-refractivity contribution in [3.8, 4) is 0 Å². The van der Waals surface area contributed by atoms with E-state index in [4.69, 9.17) is 4.74 Å². The molecule has 0 amide bonds. The first-order chi connectivity index (χ1) is 8.06. The zero-order valence-electron chi connectivity index (χ0n) is 11.3. The lowest BCUT2D eigenvalue weighted by Crippen LogP contribution is -2.47. The Labute approximate surface area is 105 Å². The molecule has 1 heterocycles. The van der Waals surface area contributed by atoms with Crippen LogP contribution in [0.2, 0.25) is 0 Å². The molecule has 3 unspecified atom stereocenters. The predicted octanol–water partition coefficient (Wildman–Crippen LogP) is 1.96. The molecule has 0 radical (unpaired) electrons. The van der Waals surface area contributed by atoms with Crippen LogP contribution in [-0.2, 0) is 9.53 Å². The molecular weight excluding hydrogens is 214 g/mol. The van der Waals surface area contributed by atoms with Gasteiger partial charge in [0, 0.05) is 19.0 Å². The normalized spacial score (nSPS) is 40.2. The van der Waals surface area contributed by atoms with Crippen molar-refractivity contribution < 1.29 is 9.53 Å². The van der Waals surface area contributed by atoms with Gasteiger partial charge < -0.3 is 9.64 Å². The number of morpholine rings is 1. The fourth-order valence-corrected chi connectivity index (χ4v) is 3.39. The van der Waals surface area contributed by atoms with Gasteiger partial charge in [-0.25, -0.2) is 0 Å². The number of hydrogen-bond acceptors (Lipinski definition) is 3. The highest BCUT2D eigenvalue weighted by Gasteiger charge is 2.34. The quantitative estimate of drug-likeness (QED) is 0.738. The molecule has 0 aromatic rings. The van der Waals surface area contributed by atoms with E-state index in [0.29, 0.717) is 24.2 Å². The van der Waals surface area contributed by atoms with Gasteiger partial charge in [0.25, 0.3) is 0 Å². The third-order valence-corrected chi connectivity index (χ3v) is 4.17. The van der Waals surface area contributed by atoms with Gasteiger partial charge in [-0.2, -0.15) is 0 Å². The monoisotopic (exact) mass is 239 g/mol. The minimum atomic E-state index is -0.170. The van der Waals surface area contributed by atoms with Crippen molar-refractivity contribution in [3.05, 3.63) is 0 Å². The lowest BCUT2D eigenvalue weighted by atomic mass is 9.74. The molecule has 2 fully saturated rings. The third kappa shape index (κ3) is 3.29. The summed E-state index contributed by atoms with van der Waals surface area (Å²) in [5, 5.41) is 0. The maximum atomic E-state index is 12.4. The van der Waals surface area contributed by atoms with Crippen LogP contribution in [0.3, 0.4) is 0 Å². The third-order valence-electron chi connectivity index (χ3n) is 4.17. The summed E-state index contributed by atoms with van der Waals surface area (Å²) in [4.78, 5) is 14.6. The van der Waals surface area contributed by atoms with E-state index in [1.807, 2.05) is 0 Å². The summed E-state index contributed by atoms with van der Waals surface area (Å²) in [5.74, 6) is 1.98. The van der Waals surface area contributed by atoms with Crippen molar-refractivity contribution in [2.75, 3.05) is 26.7 Å². The van der Waals surface area contributed by atoms with E-state index < -0.39 is 0 Å². The predicted molar refractivity (Wildman–Crippen MR) is 67.9 cm³/mol. The highest BCUT2D eigenvalue weighted by Crippen LogP contribution is 2.34. The number of carbonyl (C=O) groups is 1. The molecule has 0 spiro atoms. The molecule has 1 aliphatic carbocycles. The molecule has 3 heteroatoms. The lowest BCUT2D eigenvalue weighted by molar-refractivity contribution is -0.141. The molecule has 3 nitrogen and oxygen atoms in total. The number of likely N-dealkylation sites (N-methyl/N-ethyl adjacent to an activating group) is 1. The summed E-state index contributed by atoms with van der Waals surface area (Å²) in [6.07, 6.45) is 3.23. The zero-order valence-corrected chi connectivity index (χ0v) is 11.3. The number of ketones is 1. The topological polar surface area (TPSA) is 29.5 Å². The van der Waals surface area contributed by atoms with Crippen LogP contribution in [0.15, 0.2) is 0 Å². The number of hydrogen-bond donors (Lipinski definition) is 0. The maximum Gasteiger partial charge on any atom is 0.165 e. The Morgan fingerprint density at radius 3 is 2.41 bits per heavy atom. The van der Waals surface area contributed by atoms with Crippen LogP contribution < -0.4 is 0 Å². The largest absolute Gasteiger partial charge is 0.368 e. The van der Waals surface area contributed by atoms with Crippen LogP contribution >= 0.6 is 0 Å². The van der Waals surface area contributed by atoms with Crippen molar-refractivity contribution >= 4 is 5.78 Å². The van der Waals surface area contributed by atoms with E-state index in [9.17, 15) is 4.79 Å². The molecule has 0 aromatic carbocycles. The average Bonchev–Trinajstić information content (AvgIpc) is 2.26. The zero-order chi connectivity index (χ0) is 12.4. The van der Waals surface area contributed by atoms with Crippen molar-refractivity contribution in [2.24, 2.45) is 17.8 Å². The molecular formula is C14H25NO2. The Morgan fingerprint density at radius 2 is 1.82 bits per heavy atom. The molecule has 0 N–H and O–H groups in total. The van der Waals surface area contributed by atoms with Crippen molar-refractivity contribution in [1.29, 1.82) is 0 Å². The van der Waals surface area contributed by atoms with E-state index in [-0.39, 0.29) is 12.0 Å². The van der Waals surface area contributed by atoms with Crippen LogP contribution in [-0.4, -0.2) is 43.5 Å². The van der Waals surface area contributed by atoms with Crippen molar-refractivity contribution in [3.63, 3.8) is 0 Å². The second-order valence-corrected chi connectivity index (χ2v) is 6.14. The number of Topliss-reactive ketones (excluding diaryl/α,β-unsaturated/α-hetero) is 1. The van der Waals surface area contributed by atoms with Gasteiger partial charge in [-0.05, 0) is 38.1 Å². The van der Waals surface area contributed by atoms with Crippen molar-refractivity contribution in [1.82, 2.24) is 4.90 Å². The van der Waals surface area contributed by atoms with Crippen LogP contribution in [0.5, 0.6) is 0 Å². The van der Waals surface area contributed by atoms with Crippen molar-refractivity contribution in [2.45, 2.75) is 39.2 Å². The van der Waals surface area contributed by atoms with Gasteiger partial charge in [-0.1, -0.05) is 13.8 Å². The fourth-order valence-electron chi connectivity index (χ4n) is 3.39. The molecule has 17 heavy (non-hydrogen) atoms. The molecule has 2 aliphatic rings. The number of carbonyl (C=O) groups excluding carboxylic acids is 1. The number of rotatable bonds is 2. The van der Waals surface area contributed by atoms with Crippen LogP contribution in [0, 0.1) is 17.8 Å². The summed E-state index contributed by atoms with van der Waals surface area (Å²) < 4.78 is 5.64. The SMILES string of the molecule is CC1CC(C)CC(C(=O)C2CN(C)CCO2)C1. The summed E-state index contributed by atoms with van der Waals surface area (Å²) >= 11 is 0. The Hall–Kier alpha value is -0.410. The van der Waals surface area contributed by atoms with E-state index in [1.165, 1.54) is 6.42 Å². The minimum Gasteiger partial charge on any atom is -0.368 e. The van der Waals surface area contributed by atoms with E-state index in [1.54, 1.807) is 0 Å².